The van der Waals surface area contributed by atoms with Crippen LogP contribution in [0, 0.1) is 11.7 Å². The minimum atomic E-state index is -3.82. The molecule has 32 heavy (non-hydrogen) atoms. The van der Waals surface area contributed by atoms with Crippen molar-refractivity contribution in [2.75, 3.05) is 13.7 Å². The molecule has 2 aromatic rings. The molecular weight excluding hydrogens is 433 g/mol. The fourth-order valence-corrected chi connectivity index (χ4v) is 5.80. The molecule has 1 saturated heterocycles. The summed E-state index contributed by atoms with van der Waals surface area (Å²) in [5.41, 5.74) is 0.844. The van der Waals surface area contributed by atoms with Crippen LogP contribution >= 0.6 is 0 Å². The highest BCUT2D eigenvalue weighted by atomic mass is 32.2. The number of methoxy groups -OCH3 is 1. The van der Waals surface area contributed by atoms with Gasteiger partial charge in [-0.25, -0.2) is 12.8 Å². The van der Waals surface area contributed by atoms with Crippen LogP contribution in [0.4, 0.5) is 4.39 Å². The van der Waals surface area contributed by atoms with Crippen molar-refractivity contribution in [1.29, 1.82) is 0 Å². The molecule has 0 aliphatic carbocycles. The summed E-state index contributed by atoms with van der Waals surface area (Å²) in [4.78, 5) is 10.7. The van der Waals surface area contributed by atoms with Gasteiger partial charge in [-0.05, 0) is 73.6 Å². The molecule has 0 saturated carbocycles. The molecule has 1 aliphatic rings. The van der Waals surface area contributed by atoms with E-state index in [1.165, 1.54) is 16.4 Å². The van der Waals surface area contributed by atoms with Crippen LogP contribution in [0.3, 0.4) is 0 Å². The van der Waals surface area contributed by atoms with Gasteiger partial charge in [-0.1, -0.05) is 24.3 Å². The lowest BCUT2D eigenvalue weighted by Crippen LogP contribution is -2.32. The number of carboxylic acid groups (broad SMARTS) is 1. The molecular formula is C24H28FNO5S. The first kappa shape index (κ1) is 23.9. The van der Waals surface area contributed by atoms with Gasteiger partial charge in [-0.3, -0.25) is 4.79 Å². The van der Waals surface area contributed by atoms with Gasteiger partial charge in [0.05, 0.1) is 18.0 Å². The van der Waals surface area contributed by atoms with Crippen LogP contribution in [-0.4, -0.2) is 37.5 Å². The molecule has 8 heteroatoms. The van der Waals surface area contributed by atoms with Crippen molar-refractivity contribution in [3.63, 3.8) is 0 Å². The highest BCUT2D eigenvalue weighted by molar-refractivity contribution is 7.89. The van der Waals surface area contributed by atoms with Crippen LogP contribution in [0.2, 0.25) is 0 Å². The number of carboxylic acids is 1. The number of halogens is 1. The maximum atomic E-state index is 13.4. The molecule has 172 valence electrons. The van der Waals surface area contributed by atoms with E-state index in [1.54, 1.807) is 7.11 Å². The second kappa shape index (κ2) is 10.7. The van der Waals surface area contributed by atoms with E-state index in [2.05, 4.69) is 0 Å². The zero-order valence-corrected chi connectivity index (χ0v) is 18.8. The number of nitrogens with zero attached hydrogens (tertiary/aromatic N) is 1. The third kappa shape index (κ3) is 5.75. The first-order valence-electron chi connectivity index (χ1n) is 10.6. The van der Waals surface area contributed by atoms with E-state index in [4.69, 9.17) is 9.84 Å². The van der Waals surface area contributed by atoms with Crippen LogP contribution < -0.4 is 4.74 Å². The third-order valence-electron chi connectivity index (χ3n) is 5.70. The Morgan fingerprint density at radius 2 is 1.97 bits per heavy atom. The lowest BCUT2D eigenvalue weighted by Gasteiger charge is -2.28. The minimum absolute atomic E-state index is 0.0491. The molecule has 6 nitrogen and oxygen atoms in total. The lowest BCUT2D eigenvalue weighted by atomic mass is 9.91. The number of sulfonamides is 1. The number of unbranched alkanes of at least 4 members (excludes halogenated alkanes) is 1. The molecule has 0 bridgehead atoms. The number of allylic oxidation sites excluding steroid dienone is 2. The van der Waals surface area contributed by atoms with Crippen LogP contribution in [0.15, 0.2) is 65.6 Å². The molecule has 0 spiro atoms. The minimum Gasteiger partial charge on any atom is -0.497 e. The Morgan fingerprint density at radius 1 is 1.22 bits per heavy atom. The fraction of sp³-hybridized carbons (Fsp3) is 0.375. The highest BCUT2D eigenvalue weighted by Gasteiger charge is 2.42. The Morgan fingerprint density at radius 3 is 2.66 bits per heavy atom. The molecule has 2 aromatic carbocycles. The summed E-state index contributed by atoms with van der Waals surface area (Å²) in [7, 11) is -2.25. The number of hydrogen-bond donors (Lipinski definition) is 1. The van der Waals surface area contributed by atoms with E-state index in [1.807, 2.05) is 36.4 Å². The van der Waals surface area contributed by atoms with Crippen LogP contribution in [0.25, 0.3) is 0 Å². The monoisotopic (exact) mass is 461 g/mol. The molecule has 0 amide bonds. The maximum absolute atomic E-state index is 13.4. The summed E-state index contributed by atoms with van der Waals surface area (Å²) in [6.45, 7) is 0.360. The molecule has 3 rings (SSSR count). The third-order valence-corrected chi connectivity index (χ3v) is 7.59. The normalized spacial score (nSPS) is 19.4. The largest absolute Gasteiger partial charge is 0.497 e. The van der Waals surface area contributed by atoms with E-state index < -0.39 is 21.8 Å². The molecule has 0 aromatic heterocycles. The second-order valence-corrected chi connectivity index (χ2v) is 9.72. The average Bonchev–Trinajstić information content (AvgIpc) is 3.21. The van der Waals surface area contributed by atoms with Gasteiger partial charge in [0.25, 0.3) is 0 Å². The van der Waals surface area contributed by atoms with Gasteiger partial charge in [-0.15, -0.1) is 0 Å². The summed E-state index contributed by atoms with van der Waals surface area (Å²) in [5, 5.41) is 8.74. The summed E-state index contributed by atoms with van der Waals surface area (Å²) in [5.74, 6) is -0.598. The summed E-state index contributed by atoms with van der Waals surface area (Å²) < 4.78 is 47.0. The smallest absolute Gasteiger partial charge is 0.303 e. The molecule has 1 N–H and O–H groups in total. The molecule has 1 heterocycles. The Hall–Kier alpha value is -2.71. The Kier molecular flexibility index (Phi) is 8.04. The number of aliphatic carboxylic acids is 1. The van der Waals surface area contributed by atoms with Gasteiger partial charge in [0.15, 0.2) is 0 Å². The first-order chi connectivity index (χ1) is 15.3. The predicted octanol–water partition coefficient (Wildman–Crippen LogP) is 4.79. The number of rotatable bonds is 10. The number of benzene rings is 2. The van der Waals surface area contributed by atoms with Crippen molar-refractivity contribution < 1.29 is 27.4 Å². The van der Waals surface area contributed by atoms with Gasteiger partial charge in [0.2, 0.25) is 10.0 Å². The Bertz CT molecular complexity index is 1050. The molecule has 2 atom stereocenters. The molecule has 1 aliphatic heterocycles. The fourth-order valence-electron chi connectivity index (χ4n) is 4.11. The number of carbonyl (C=O) groups is 1. The summed E-state index contributed by atoms with van der Waals surface area (Å²) in [6, 6.07) is 11.9. The second-order valence-electron chi connectivity index (χ2n) is 7.83. The number of ether oxygens (including phenoxy) is 1. The van der Waals surface area contributed by atoms with E-state index in [0.29, 0.717) is 38.0 Å². The van der Waals surface area contributed by atoms with Crippen LogP contribution in [0.5, 0.6) is 5.75 Å². The average molecular weight is 462 g/mol. The van der Waals surface area contributed by atoms with Crippen molar-refractivity contribution in [3.8, 4) is 5.75 Å². The standard InChI is InChI=1S/C24H28FNO5S/c1-31-21-9-6-8-19(17-21)24-18(7-4-2-3-5-10-23(27)28)15-16-26(24)32(29,30)22-13-11-20(25)12-14-22/h2,4,6,8-9,11-14,17-18,24H,3,5,7,10,15-16H2,1H3,(H,27,28)/b4-2-/t18-,24+/m0/s1. The van der Waals surface area contributed by atoms with Crippen molar-refractivity contribution in [1.82, 2.24) is 4.31 Å². The van der Waals surface area contributed by atoms with Crippen LogP contribution in [0.1, 0.15) is 43.7 Å². The molecule has 1 fully saturated rings. The quantitative estimate of drug-likeness (QED) is 0.406. The zero-order valence-electron chi connectivity index (χ0n) is 18.0. The number of hydrogen-bond acceptors (Lipinski definition) is 4. The van der Waals surface area contributed by atoms with E-state index >= 15 is 0 Å². The first-order valence-corrected chi connectivity index (χ1v) is 12.0. The van der Waals surface area contributed by atoms with Gasteiger partial charge < -0.3 is 9.84 Å². The summed E-state index contributed by atoms with van der Waals surface area (Å²) in [6.07, 6.45) is 6.69. The van der Waals surface area contributed by atoms with E-state index in [-0.39, 0.29) is 23.3 Å². The highest BCUT2D eigenvalue weighted by Crippen LogP contribution is 2.43. The topological polar surface area (TPSA) is 83.9 Å². The van der Waals surface area contributed by atoms with Gasteiger partial charge in [-0.2, -0.15) is 4.31 Å². The zero-order chi connectivity index (χ0) is 23.1. The molecule has 0 unspecified atom stereocenters. The molecule has 0 radical (unpaired) electrons. The lowest BCUT2D eigenvalue weighted by molar-refractivity contribution is -0.137. The van der Waals surface area contributed by atoms with Crippen molar-refractivity contribution in [2.24, 2.45) is 5.92 Å². The van der Waals surface area contributed by atoms with Gasteiger partial charge >= 0.3 is 5.97 Å². The maximum Gasteiger partial charge on any atom is 0.303 e. The summed E-state index contributed by atoms with van der Waals surface area (Å²) >= 11 is 0. The van der Waals surface area contributed by atoms with Crippen molar-refractivity contribution in [2.45, 2.75) is 43.0 Å². The predicted molar refractivity (Wildman–Crippen MR) is 119 cm³/mol. The van der Waals surface area contributed by atoms with Crippen LogP contribution in [-0.2, 0) is 14.8 Å². The van der Waals surface area contributed by atoms with Crippen molar-refractivity contribution >= 4 is 16.0 Å². The Labute approximate surface area is 188 Å². The van der Waals surface area contributed by atoms with E-state index in [9.17, 15) is 17.6 Å². The van der Waals surface area contributed by atoms with Crippen molar-refractivity contribution in [3.05, 3.63) is 72.1 Å². The SMILES string of the molecule is COc1cccc([C@H]2[C@@H](C/C=C\CCCC(=O)O)CCN2S(=O)(=O)c2ccc(F)cc2)c1. The Balaban J connectivity index is 1.85. The van der Waals surface area contributed by atoms with E-state index in [0.717, 1.165) is 17.7 Å². The van der Waals surface area contributed by atoms with Gasteiger partial charge in [0.1, 0.15) is 11.6 Å². The van der Waals surface area contributed by atoms with Gasteiger partial charge in [0, 0.05) is 13.0 Å².